The number of thioether (sulfide) groups is 1. The van der Waals surface area contributed by atoms with E-state index in [4.69, 9.17) is 5.84 Å². The maximum atomic E-state index is 11.5. The van der Waals surface area contributed by atoms with Gasteiger partial charge in [0.15, 0.2) is 5.16 Å². The van der Waals surface area contributed by atoms with Gasteiger partial charge >= 0.3 is 5.69 Å². The predicted molar refractivity (Wildman–Crippen MR) is 74.7 cm³/mol. The van der Waals surface area contributed by atoms with E-state index in [9.17, 15) is 4.79 Å². The van der Waals surface area contributed by atoms with Crippen LogP contribution in [0.2, 0.25) is 0 Å². The Morgan fingerprint density at radius 1 is 1.53 bits per heavy atom. The van der Waals surface area contributed by atoms with E-state index in [0.29, 0.717) is 23.3 Å². The molecule has 0 atom stereocenters. The predicted octanol–water partition coefficient (Wildman–Crippen LogP) is 0.954. The molecule has 8 heteroatoms. The highest BCUT2D eigenvalue weighted by molar-refractivity contribution is 7.98. The summed E-state index contributed by atoms with van der Waals surface area (Å²) >= 11 is 1.47. The van der Waals surface area contributed by atoms with E-state index >= 15 is 0 Å². The molecule has 102 valence electrons. The van der Waals surface area contributed by atoms with Crippen molar-refractivity contribution < 1.29 is 0 Å². The number of rotatable bonds is 6. The number of nitrogens with two attached hydrogens (primary N) is 1. The lowest BCUT2D eigenvalue weighted by molar-refractivity contribution is 0.603. The van der Waals surface area contributed by atoms with Crippen molar-refractivity contribution in [3.8, 4) is 0 Å². The normalized spacial score (nSPS) is 10.6. The molecule has 0 aromatic carbocycles. The molecule has 2 aromatic rings. The fourth-order valence-corrected chi connectivity index (χ4v) is 2.49. The number of hydrogen-bond acceptors (Lipinski definition) is 6. The van der Waals surface area contributed by atoms with E-state index in [1.54, 1.807) is 10.6 Å². The van der Waals surface area contributed by atoms with Crippen LogP contribution in [0.4, 0.5) is 5.82 Å². The number of aromatic amines is 1. The summed E-state index contributed by atoms with van der Waals surface area (Å²) in [6, 6.07) is 5.57. The molecule has 0 fully saturated rings. The minimum Gasteiger partial charge on any atom is -0.308 e. The van der Waals surface area contributed by atoms with Crippen molar-refractivity contribution in [2.24, 2.45) is 5.84 Å². The summed E-state index contributed by atoms with van der Waals surface area (Å²) < 4.78 is 1.63. The van der Waals surface area contributed by atoms with Gasteiger partial charge in [-0.2, -0.15) is 0 Å². The van der Waals surface area contributed by atoms with Gasteiger partial charge in [0.05, 0.1) is 5.69 Å². The van der Waals surface area contributed by atoms with Gasteiger partial charge in [-0.15, -0.1) is 5.10 Å². The number of aromatic nitrogens is 4. The Kier molecular flexibility index (Phi) is 4.58. The summed E-state index contributed by atoms with van der Waals surface area (Å²) in [6.07, 6.45) is 0.887. The molecule has 0 radical (unpaired) electrons. The molecule has 0 aliphatic rings. The van der Waals surface area contributed by atoms with Gasteiger partial charge in [0, 0.05) is 12.3 Å². The number of hydrazine groups is 1. The highest BCUT2D eigenvalue weighted by Gasteiger charge is 2.08. The lowest BCUT2D eigenvalue weighted by atomic mass is 10.4. The molecule has 0 aliphatic carbocycles. The molecular formula is C11H16N6OS. The summed E-state index contributed by atoms with van der Waals surface area (Å²) in [5.41, 5.74) is 3.21. The third kappa shape index (κ3) is 3.36. The minimum atomic E-state index is -0.172. The number of pyridine rings is 1. The van der Waals surface area contributed by atoms with Crippen molar-refractivity contribution in [3.63, 3.8) is 0 Å². The molecule has 2 aromatic heterocycles. The zero-order chi connectivity index (χ0) is 13.7. The fraction of sp³-hybridized carbons (Fsp3) is 0.364. The second kappa shape index (κ2) is 6.39. The second-order valence-corrected chi connectivity index (χ2v) is 4.85. The van der Waals surface area contributed by atoms with E-state index < -0.39 is 0 Å². The van der Waals surface area contributed by atoms with Crippen LogP contribution in [0.15, 0.2) is 28.2 Å². The van der Waals surface area contributed by atoms with E-state index in [1.807, 2.05) is 19.1 Å². The van der Waals surface area contributed by atoms with E-state index in [-0.39, 0.29) is 5.69 Å². The second-order valence-electron chi connectivity index (χ2n) is 3.91. The van der Waals surface area contributed by atoms with Crippen LogP contribution in [-0.2, 0) is 12.3 Å². The average molecular weight is 280 g/mol. The molecule has 2 heterocycles. The Hall–Kier alpha value is -1.80. The molecule has 0 aliphatic heterocycles. The summed E-state index contributed by atoms with van der Waals surface area (Å²) in [7, 11) is 0. The van der Waals surface area contributed by atoms with E-state index in [1.165, 1.54) is 11.8 Å². The van der Waals surface area contributed by atoms with Crippen molar-refractivity contribution in [1.29, 1.82) is 0 Å². The molecule has 2 rings (SSSR count). The average Bonchev–Trinajstić information content (AvgIpc) is 2.78. The van der Waals surface area contributed by atoms with Crippen LogP contribution in [0.5, 0.6) is 0 Å². The summed E-state index contributed by atoms with van der Waals surface area (Å²) in [6.45, 7) is 2.68. The van der Waals surface area contributed by atoms with Crippen molar-refractivity contribution in [2.45, 2.75) is 30.8 Å². The van der Waals surface area contributed by atoms with Gasteiger partial charge in [-0.25, -0.2) is 20.7 Å². The van der Waals surface area contributed by atoms with Crippen molar-refractivity contribution in [3.05, 3.63) is 34.4 Å². The molecule has 19 heavy (non-hydrogen) atoms. The molecule has 0 unspecified atom stereocenters. The zero-order valence-corrected chi connectivity index (χ0v) is 11.4. The lowest BCUT2D eigenvalue weighted by Crippen LogP contribution is -2.17. The first kappa shape index (κ1) is 13.6. The third-order valence-electron chi connectivity index (χ3n) is 2.47. The van der Waals surface area contributed by atoms with Gasteiger partial charge in [0.1, 0.15) is 5.82 Å². The van der Waals surface area contributed by atoms with Crippen LogP contribution < -0.4 is 17.0 Å². The fourth-order valence-electron chi connectivity index (χ4n) is 1.61. The summed E-state index contributed by atoms with van der Waals surface area (Å²) in [4.78, 5) is 15.8. The topological polar surface area (TPSA) is 102 Å². The Labute approximate surface area is 114 Å². The van der Waals surface area contributed by atoms with Crippen LogP contribution in [0.3, 0.4) is 0 Å². The van der Waals surface area contributed by atoms with Crippen LogP contribution >= 0.6 is 11.8 Å². The maximum Gasteiger partial charge on any atom is 0.343 e. The SMILES string of the molecule is CCCn1c(SCc2cccc(NN)n2)n[nH]c1=O. The number of H-pyrrole nitrogens is 1. The van der Waals surface area contributed by atoms with Crippen molar-refractivity contribution >= 4 is 17.6 Å². The van der Waals surface area contributed by atoms with Crippen molar-refractivity contribution in [1.82, 2.24) is 19.7 Å². The first-order chi connectivity index (χ1) is 9.24. The number of anilines is 1. The molecule has 0 amide bonds. The quantitative estimate of drug-likeness (QED) is 0.414. The standard InChI is InChI=1S/C11H16N6OS/c1-2-6-17-10(18)15-16-11(17)19-7-8-4-3-5-9(13-8)14-12/h3-5H,2,6-7,12H2,1H3,(H,13,14)(H,15,18). The Morgan fingerprint density at radius 2 is 2.37 bits per heavy atom. The number of nitrogens with zero attached hydrogens (tertiary/aromatic N) is 3. The number of nitrogen functional groups attached to an aromatic ring is 1. The van der Waals surface area contributed by atoms with Gasteiger partial charge in [-0.1, -0.05) is 24.8 Å². The smallest absolute Gasteiger partial charge is 0.308 e. The molecule has 4 N–H and O–H groups in total. The van der Waals surface area contributed by atoms with Gasteiger partial charge < -0.3 is 5.43 Å². The van der Waals surface area contributed by atoms with E-state index in [0.717, 1.165) is 12.1 Å². The largest absolute Gasteiger partial charge is 0.343 e. The van der Waals surface area contributed by atoms with Gasteiger partial charge in [0.2, 0.25) is 0 Å². The van der Waals surface area contributed by atoms with Crippen LogP contribution in [-0.4, -0.2) is 19.7 Å². The van der Waals surface area contributed by atoms with Crippen LogP contribution in [0.25, 0.3) is 0 Å². The molecular weight excluding hydrogens is 264 g/mol. The molecule has 0 saturated carbocycles. The number of nitrogens with one attached hydrogen (secondary N) is 2. The van der Waals surface area contributed by atoms with Gasteiger partial charge in [-0.3, -0.25) is 4.57 Å². The number of hydrogen-bond donors (Lipinski definition) is 3. The van der Waals surface area contributed by atoms with Gasteiger partial charge in [-0.05, 0) is 18.6 Å². The van der Waals surface area contributed by atoms with Crippen LogP contribution in [0.1, 0.15) is 19.0 Å². The summed E-state index contributed by atoms with van der Waals surface area (Å²) in [5, 5.41) is 7.16. The Bertz CT molecular complexity index is 593. The molecule has 0 spiro atoms. The lowest BCUT2D eigenvalue weighted by Gasteiger charge is -2.04. The highest BCUT2D eigenvalue weighted by Crippen LogP contribution is 2.19. The first-order valence-corrected chi connectivity index (χ1v) is 6.93. The molecule has 0 bridgehead atoms. The Morgan fingerprint density at radius 3 is 3.11 bits per heavy atom. The molecule has 7 nitrogen and oxygen atoms in total. The zero-order valence-electron chi connectivity index (χ0n) is 10.6. The van der Waals surface area contributed by atoms with Crippen molar-refractivity contribution in [2.75, 3.05) is 5.43 Å². The highest BCUT2D eigenvalue weighted by atomic mass is 32.2. The monoisotopic (exact) mass is 280 g/mol. The first-order valence-electron chi connectivity index (χ1n) is 5.95. The van der Waals surface area contributed by atoms with Crippen LogP contribution in [0, 0.1) is 0 Å². The van der Waals surface area contributed by atoms with Gasteiger partial charge in [0.25, 0.3) is 0 Å². The molecule has 0 saturated heterocycles. The maximum absolute atomic E-state index is 11.5. The third-order valence-corrected chi connectivity index (χ3v) is 3.48. The minimum absolute atomic E-state index is 0.172. The van der Waals surface area contributed by atoms with E-state index in [2.05, 4.69) is 20.6 Å². The Balaban J connectivity index is 2.07. The summed E-state index contributed by atoms with van der Waals surface area (Å²) in [5.74, 6) is 6.56.